The molecule has 4 saturated heterocycles. The van der Waals surface area contributed by atoms with Gasteiger partial charge < -0.3 is 30.3 Å². The van der Waals surface area contributed by atoms with E-state index in [1.807, 2.05) is 13.8 Å². The molecule has 0 unspecified atom stereocenters. The predicted octanol–water partition coefficient (Wildman–Crippen LogP) is 1.84. The summed E-state index contributed by atoms with van der Waals surface area (Å²) in [4.78, 5) is 50.4. The molecule has 1 aliphatic carbocycles. The average molecular weight is 594 g/mol. The number of piperazine rings is 1. The van der Waals surface area contributed by atoms with E-state index < -0.39 is 53.6 Å². The van der Waals surface area contributed by atoms with Crippen molar-refractivity contribution in [2.45, 2.75) is 102 Å². The zero-order chi connectivity index (χ0) is 30.6. The smallest absolute Gasteiger partial charge is 0.281 e. The van der Waals surface area contributed by atoms with E-state index in [4.69, 9.17) is 4.74 Å². The van der Waals surface area contributed by atoms with Crippen LogP contribution in [0, 0.1) is 17.8 Å². The Morgan fingerprint density at radius 1 is 1.21 bits per heavy atom. The Bertz CT molecular complexity index is 1490. The summed E-state index contributed by atoms with van der Waals surface area (Å²) in [5.74, 6) is -4.28. The van der Waals surface area contributed by atoms with Gasteiger partial charge >= 0.3 is 0 Å². The second kappa shape index (κ2) is 9.76. The molecule has 5 heterocycles. The zero-order valence-corrected chi connectivity index (χ0v) is 25.5. The fourth-order valence-electron chi connectivity index (χ4n) is 8.65. The Balaban J connectivity index is 1.21. The number of amides is 3. The van der Waals surface area contributed by atoms with Crippen molar-refractivity contribution in [3.05, 3.63) is 35.5 Å². The van der Waals surface area contributed by atoms with Gasteiger partial charge in [0.25, 0.3) is 11.8 Å². The quantitative estimate of drug-likeness (QED) is 0.415. The van der Waals surface area contributed by atoms with Crippen LogP contribution in [0.2, 0.25) is 0 Å². The van der Waals surface area contributed by atoms with Crippen LogP contribution in [0.4, 0.5) is 0 Å². The number of aliphatic hydroxyl groups excluding tert-OH is 1. The molecule has 0 spiro atoms. The molecule has 4 fully saturated rings. The molecule has 43 heavy (non-hydrogen) atoms. The summed E-state index contributed by atoms with van der Waals surface area (Å²) < 4.78 is 6.39. The van der Waals surface area contributed by atoms with Gasteiger partial charge in [-0.05, 0) is 62.3 Å². The standard InChI is InChI=1S/C32H43N5O6/c1-16(2)11-24-29(40)36-25(9-10-26(36)38)32(42)37(24)30(41)31(43-32,17(3)4)34-28(39)19-12-21-20-7-6-8-22-27(20)18(14-33-22)13-23(21)35(5)15-19/h6-8,14,16-17,19,21,23-26,33,38,42H,9-13,15H2,1-5H3,(H,34,39)/t19-,21+,23-,24+,25+,26+,31-,32+/m1/s1. The summed E-state index contributed by atoms with van der Waals surface area (Å²) in [5.41, 5.74) is 1.78. The number of benzene rings is 1. The van der Waals surface area contributed by atoms with Gasteiger partial charge in [-0.1, -0.05) is 39.8 Å². The van der Waals surface area contributed by atoms with Crippen LogP contribution in [-0.4, -0.2) is 97.2 Å². The molecular weight excluding hydrogens is 550 g/mol. The van der Waals surface area contributed by atoms with Gasteiger partial charge in [0.2, 0.25) is 17.5 Å². The first-order chi connectivity index (χ1) is 20.4. The number of aromatic nitrogens is 1. The van der Waals surface area contributed by atoms with Crippen molar-refractivity contribution in [3.8, 4) is 0 Å². The summed E-state index contributed by atoms with van der Waals surface area (Å²) in [6.07, 6.45) is 3.38. The minimum Gasteiger partial charge on any atom is -0.374 e. The van der Waals surface area contributed by atoms with E-state index in [0.29, 0.717) is 13.0 Å². The van der Waals surface area contributed by atoms with E-state index in [-0.39, 0.29) is 43.0 Å². The molecular formula is C32H43N5O6. The van der Waals surface area contributed by atoms with Crippen LogP contribution < -0.4 is 5.32 Å². The lowest BCUT2D eigenvalue weighted by atomic mass is 9.72. The highest BCUT2D eigenvalue weighted by molar-refractivity contribution is 5.98. The summed E-state index contributed by atoms with van der Waals surface area (Å²) in [6, 6.07) is 4.61. The molecule has 7 rings (SSSR count). The minimum absolute atomic E-state index is 0.0251. The number of aromatic amines is 1. The maximum absolute atomic E-state index is 14.4. The summed E-state index contributed by atoms with van der Waals surface area (Å²) in [6.45, 7) is 7.95. The summed E-state index contributed by atoms with van der Waals surface area (Å²) >= 11 is 0. The number of nitrogens with zero attached hydrogens (tertiary/aromatic N) is 3. The first-order valence-corrected chi connectivity index (χ1v) is 15.7. The largest absolute Gasteiger partial charge is 0.374 e. The molecule has 0 radical (unpaired) electrons. The van der Waals surface area contributed by atoms with Crippen molar-refractivity contribution in [1.29, 1.82) is 0 Å². The van der Waals surface area contributed by atoms with Crippen molar-refractivity contribution in [1.82, 2.24) is 25.0 Å². The van der Waals surface area contributed by atoms with Crippen molar-refractivity contribution < 1.29 is 29.3 Å². The Morgan fingerprint density at radius 3 is 2.70 bits per heavy atom. The lowest BCUT2D eigenvalue weighted by molar-refractivity contribution is -0.326. The van der Waals surface area contributed by atoms with Crippen LogP contribution in [0.3, 0.4) is 0 Å². The molecule has 2 aromatic rings. The molecule has 1 aromatic carbocycles. The number of fused-ring (bicyclic) bond motifs is 5. The number of likely N-dealkylation sites (tertiary alicyclic amines) is 1. The molecule has 4 aliphatic heterocycles. The minimum atomic E-state index is -2.17. The molecule has 232 valence electrons. The number of hydrogen-bond donors (Lipinski definition) is 4. The molecule has 3 amide bonds. The highest BCUT2D eigenvalue weighted by Crippen LogP contribution is 2.50. The van der Waals surface area contributed by atoms with E-state index >= 15 is 0 Å². The highest BCUT2D eigenvalue weighted by Gasteiger charge is 2.72. The van der Waals surface area contributed by atoms with Crippen molar-refractivity contribution >= 4 is 28.6 Å². The van der Waals surface area contributed by atoms with Gasteiger partial charge in [0.1, 0.15) is 18.3 Å². The lowest BCUT2D eigenvalue weighted by Gasteiger charge is -2.49. The number of carbonyl (C=O) groups is 3. The van der Waals surface area contributed by atoms with E-state index in [2.05, 4.69) is 46.6 Å². The van der Waals surface area contributed by atoms with Gasteiger partial charge in [-0.15, -0.1) is 0 Å². The highest BCUT2D eigenvalue weighted by atomic mass is 16.7. The van der Waals surface area contributed by atoms with Gasteiger partial charge in [0.05, 0.1) is 5.92 Å². The Kier molecular flexibility index (Phi) is 6.52. The predicted molar refractivity (Wildman–Crippen MR) is 157 cm³/mol. The Hall–Kier alpha value is -2.99. The molecule has 5 aliphatic rings. The third-order valence-electron chi connectivity index (χ3n) is 10.7. The van der Waals surface area contributed by atoms with Crippen LogP contribution >= 0.6 is 0 Å². The van der Waals surface area contributed by atoms with E-state index in [0.717, 1.165) is 11.9 Å². The number of H-pyrrole nitrogens is 1. The number of carbonyl (C=O) groups excluding carboxylic acids is 3. The average Bonchev–Trinajstić information content (AvgIpc) is 3.61. The summed E-state index contributed by atoms with van der Waals surface area (Å²) in [7, 11) is 2.05. The number of aliphatic hydroxyl groups is 2. The van der Waals surface area contributed by atoms with Crippen molar-refractivity contribution in [2.24, 2.45) is 17.8 Å². The number of nitrogens with one attached hydrogen (secondary N) is 2. The molecule has 11 heteroatoms. The molecule has 8 atom stereocenters. The maximum atomic E-state index is 14.4. The van der Waals surface area contributed by atoms with Crippen LogP contribution in [-0.2, 0) is 25.5 Å². The second-order valence-electron chi connectivity index (χ2n) is 14.1. The van der Waals surface area contributed by atoms with Crippen molar-refractivity contribution in [2.75, 3.05) is 13.6 Å². The molecule has 0 saturated carbocycles. The fraction of sp³-hybridized carbons (Fsp3) is 0.656. The Morgan fingerprint density at radius 2 is 1.98 bits per heavy atom. The topological polar surface area (TPSA) is 138 Å². The molecule has 0 bridgehead atoms. The molecule has 1 aromatic heterocycles. The number of ether oxygens (including phenoxy) is 1. The third kappa shape index (κ3) is 3.97. The maximum Gasteiger partial charge on any atom is 0.281 e. The van der Waals surface area contributed by atoms with Crippen molar-refractivity contribution in [3.63, 3.8) is 0 Å². The fourth-order valence-corrected chi connectivity index (χ4v) is 8.65. The van der Waals surface area contributed by atoms with Crippen LogP contribution in [0.25, 0.3) is 10.9 Å². The van der Waals surface area contributed by atoms with Gasteiger partial charge in [-0.2, -0.15) is 0 Å². The number of rotatable bonds is 5. The van der Waals surface area contributed by atoms with E-state index in [1.165, 1.54) is 26.3 Å². The van der Waals surface area contributed by atoms with E-state index in [1.54, 1.807) is 13.8 Å². The first-order valence-electron chi connectivity index (χ1n) is 15.7. The van der Waals surface area contributed by atoms with E-state index in [9.17, 15) is 24.6 Å². The number of hydrogen-bond acceptors (Lipinski definition) is 7. The first kappa shape index (κ1) is 28.8. The monoisotopic (exact) mass is 593 g/mol. The summed E-state index contributed by atoms with van der Waals surface area (Å²) in [5, 5.41) is 27.1. The van der Waals surface area contributed by atoms with Gasteiger partial charge in [0.15, 0.2) is 0 Å². The second-order valence-corrected chi connectivity index (χ2v) is 14.1. The SMILES string of the molecule is CC(C)C[C@H]1C(=O)N2[C@@H](CC[C@@H]2O)[C@]2(O)O[C@](NC(=O)[C@@H]3C[C@H]4c5cccc6[nH]cc(c56)C[C@H]4N(C)C3)(C(C)C)C(=O)N12. The van der Waals surface area contributed by atoms with Gasteiger partial charge in [0, 0.05) is 41.5 Å². The molecule has 11 nitrogen and oxygen atoms in total. The van der Waals surface area contributed by atoms with Crippen LogP contribution in [0.15, 0.2) is 24.4 Å². The normalized spacial score (nSPS) is 37.3. The Labute approximate surface area is 251 Å². The third-order valence-corrected chi connectivity index (χ3v) is 10.7. The van der Waals surface area contributed by atoms with Gasteiger partial charge in [-0.25, -0.2) is 0 Å². The van der Waals surface area contributed by atoms with Crippen LogP contribution in [0.1, 0.15) is 70.4 Å². The number of piperidine rings is 1. The van der Waals surface area contributed by atoms with Gasteiger partial charge in [-0.3, -0.25) is 24.0 Å². The molecule has 4 N–H and O–H groups in total. The zero-order valence-electron chi connectivity index (χ0n) is 25.5. The van der Waals surface area contributed by atoms with Crippen LogP contribution in [0.5, 0.6) is 0 Å². The lowest BCUT2D eigenvalue weighted by Crippen LogP contribution is -2.72. The number of likely N-dealkylation sites (N-methyl/N-ethyl adjacent to an activating group) is 1.